The Balaban J connectivity index is 2.48. The fourth-order valence-corrected chi connectivity index (χ4v) is 2.04. The van der Waals surface area contributed by atoms with Gasteiger partial charge in [-0.1, -0.05) is 34.1 Å². The van der Waals surface area contributed by atoms with E-state index in [-0.39, 0.29) is 0 Å². The van der Waals surface area contributed by atoms with Crippen LogP contribution in [0, 0.1) is 5.41 Å². The summed E-state index contributed by atoms with van der Waals surface area (Å²) < 4.78 is 5.81. The molecule has 0 saturated heterocycles. The molecule has 1 atom stereocenters. The van der Waals surface area contributed by atoms with Crippen molar-refractivity contribution in [3.63, 3.8) is 0 Å². The van der Waals surface area contributed by atoms with Gasteiger partial charge >= 0.3 is 0 Å². The molecule has 0 fully saturated rings. The summed E-state index contributed by atoms with van der Waals surface area (Å²) in [6, 6.07) is 4.55. The van der Waals surface area contributed by atoms with E-state index in [1.54, 1.807) is 0 Å². The van der Waals surface area contributed by atoms with Gasteiger partial charge < -0.3 is 9.73 Å². The van der Waals surface area contributed by atoms with Gasteiger partial charge in [-0.2, -0.15) is 0 Å². The van der Waals surface area contributed by atoms with E-state index in [1.807, 2.05) is 7.05 Å². The summed E-state index contributed by atoms with van der Waals surface area (Å²) in [7, 11) is 2.01. The average molecular weight is 237 g/mol. The van der Waals surface area contributed by atoms with Crippen LogP contribution in [0.1, 0.15) is 64.5 Å². The first-order chi connectivity index (χ1) is 7.96. The summed E-state index contributed by atoms with van der Waals surface area (Å²) >= 11 is 0. The number of aryl methyl sites for hydroxylation is 1. The van der Waals surface area contributed by atoms with Gasteiger partial charge in [0.2, 0.25) is 0 Å². The molecular weight excluding hydrogens is 210 g/mol. The zero-order valence-electron chi connectivity index (χ0n) is 12.0. The van der Waals surface area contributed by atoms with E-state index in [2.05, 4.69) is 45.1 Å². The second-order valence-electron chi connectivity index (χ2n) is 5.95. The number of rotatable bonds is 6. The van der Waals surface area contributed by atoms with Crippen LogP contribution < -0.4 is 5.32 Å². The summed E-state index contributed by atoms with van der Waals surface area (Å²) in [4.78, 5) is 0. The Kier molecular flexibility index (Phi) is 5.26. The first-order valence-electron chi connectivity index (χ1n) is 6.72. The normalized spacial score (nSPS) is 13.9. The van der Waals surface area contributed by atoms with Crippen LogP contribution in [0.15, 0.2) is 16.5 Å². The van der Waals surface area contributed by atoms with Crippen LogP contribution >= 0.6 is 0 Å². The molecule has 0 aromatic carbocycles. The van der Waals surface area contributed by atoms with E-state index in [9.17, 15) is 0 Å². The molecule has 0 aliphatic rings. The molecule has 2 nitrogen and oxygen atoms in total. The van der Waals surface area contributed by atoms with Crippen LogP contribution in [0.5, 0.6) is 0 Å². The van der Waals surface area contributed by atoms with E-state index < -0.39 is 0 Å². The molecule has 98 valence electrons. The van der Waals surface area contributed by atoms with Crippen molar-refractivity contribution in [3.05, 3.63) is 23.7 Å². The van der Waals surface area contributed by atoms with E-state index in [4.69, 9.17) is 4.42 Å². The molecule has 1 unspecified atom stereocenters. The lowest BCUT2D eigenvalue weighted by Gasteiger charge is -2.20. The zero-order chi connectivity index (χ0) is 12.9. The molecule has 0 saturated carbocycles. The van der Waals surface area contributed by atoms with Gasteiger partial charge in [0.05, 0.1) is 6.04 Å². The molecule has 1 N–H and O–H groups in total. The zero-order valence-corrected chi connectivity index (χ0v) is 12.0. The maximum atomic E-state index is 5.81. The highest BCUT2D eigenvalue weighted by atomic mass is 16.3. The predicted octanol–water partition coefficient (Wildman–Crippen LogP) is 4.32. The van der Waals surface area contributed by atoms with Gasteiger partial charge in [0, 0.05) is 6.42 Å². The molecular formula is C15H27NO. The van der Waals surface area contributed by atoms with Gasteiger partial charge in [-0.15, -0.1) is 0 Å². The largest absolute Gasteiger partial charge is 0.464 e. The quantitative estimate of drug-likeness (QED) is 0.797. The Morgan fingerprint density at radius 1 is 1.29 bits per heavy atom. The molecule has 0 aliphatic carbocycles. The SMILES string of the molecule is CCc1ccc(C(CCCC(C)(C)C)NC)o1. The van der Waals surface area contributed by atoms with Crippen molar-refractivity contribution in [2.75, 3.05) is 7.05 Å². The van der Waals surface area contributed by atoms with Crippen molar-refractivity contribution < 1.29 is 4.42 Å². The third-order valence-corrected chi connectivity index (χ3v) is 3.14. The lowest BCUT2D eigenvalue weighted by molar-refractivity contribution is 0.330. The fourth-order valence-electron chi connectivity index (χ4n) is 2.04. The fraction of sp³-hybridized carbons (Fsp3) is 0.733. The molecule has 1 rings (SSSR count). The number of hydrogen-bond donors (Lipinski definition) is 1. The van der Waals surface area contributed by atoms with Gasteiger partial charge in [-0.05, 0) is 37.4 Å². The third kappa shape index (κ3) is 4.95. The minimum atomic E-state index is 0.359. The van der Waals surface area contributed by atoms with Gasteiger partial charge in [0.25, 0.3) is 0 Å². The molecule has 0 bridgehead atoms. The second-order valence-corrected chi connectivity index (χ2v) is 5.95. The van der Waals surface area contributed by atoms with Crippen molar-refractivity contribution in [3.8, 4) is 0 Å². The Bertz CT molecular complexity index is 322. The van der Waals surface area contributed by atoms with Crippen molar-refractivity contribution in [1.82, 2.24) is 5.32 Å². The van der Waals surface area contributed by atoms with Crippen molar-refractivity contribution in [1.29, 1.82) is 0 Å². The monoisotopic (exact) mass is 237 g/mol. The van der Waals surface area contributed by atoms with Crippen molar-refractivity contribution in [2.24, 2.45) is 5.41 Å². The van der Waals surface area contributed by atoms with E-state index in [1.165, 1.54) is 12.8 Å². The van der Waals surface area contributed by atoms with Gasteiger partial charge in [0.15, 0.2) is 0 Å². The van der Waals surface area contributed by atoms with E-state index >= 15 is 0 Å². The van der Waals surface area contributed by atoms with Crippen LogP contribution in [0.4, 0.5) is 0 Å². The topological polar surface area (TPSA) is 25.2 Å². The highest BCUT2D eigenvalue weighted by Gasteiger charge is 2.15. The van der Waals surface area contributed by atoms with Gasteiger partial charge in [-0.3, -0.25) is 0 Å². The lowest BCUT2D eigenvalue weighted by atomic mass is 9.89. The second kappa shape index (κ2) is 6.25. The molecule has 0 radical (unpaired) electrons. The van der Waals surface area contributed by atoms with Crippen LogP contribution in [0.3, 0.4) is 0 Å². The standard InChI is InChI=1S/C15H27NO/c1-6-12-9-10-14(17-12)13(16-5)8-7-11-15(2,3)4/h9-10,13,16H,6-8,11H2,1-5H3. The van der Waals surface area contributed by atoms with Crippen LogP contribution in [-0.4, -0.2) is 7.05 Å². The number of hydrogen-bond acceptors (Lipinski definition) is 2. The Labute approximate surface area is 106 Å². The van der Waals surface area contributed by atoms with Crippen molar-refractivity contribution >= 4 is 0 Å². The Hall–Kier alpha value is -0.760. The first kappa shape index (κ1) is 14.3. The van der Waals surface area contributed by atoms with E-state index in [0.29, 0.717) is 11.5 Å². The summed E-state index contributed by atoms with van der Waals surface area (Å²) in [6.45, 7) is 9.01. The molecule has 0 amide bonds. The number of furan rings is 1. The molecule has 2 heteroatoms. The minimum Gasteiger partial charge on any atom is -0.464 e. The molecule has 1 heterocycles. The highest BCUT2D eigenvalue weighted by Crippen LogP contribution is 2.26. The lowest BCUT2D eigenvalue weighted by Crippen LogP contribution is -2.16. The van der Waals surface area contributed by atoms with Crippen LogP contribution in [-0.2, 0) is 6.42 Å². The maximum Gasteiger partial charge on any atom is 0.121 e. The van der Waals surface area contributed by atoms with E-state index in [0.717, 1.165) is 24.4 Å². The average Bonchev–Trinajstić information content (AvgIpc) is 2.71. The minimum absolute atomic E-state index is 0.359. The summed E-state index contributed by atoms with van der Waals surface area (Å²) in [5.74, 6) is 2.16. The van der Waals surface area contributed by atoms with Gasteiger partial charge in [-0.25, -0.2) is 0 Å². The summed E-state index contributed by atoms with van der Waals surface area (Å²) in [5, 5.41) is 3.35. The molecule has 1 aromatic heterocycles. The molecule has 17 heavy (non-hydrogen) atoms. The predicted molar refractivity (Wildman–Crippen MR) is 73.2 cm³/mol. The van der Waals surface area contributed by atoms with Crippen LogP contribution in [0.2, 0.25) is 0 Å². The molecule has 1 aromatic rings. The van der Waals surface area contributed by atoms with Gasteiger partial charge in [0.1, 0.15) is 11.5 Å². The number of nitrogens with one attached hydrogen (secondary N) is 1. The maximum absolute atomic E-state index is 5.81. The van der Waals surface area contributed by atoms with Crippen LogP contribution in [0.25, 0.3) is 0 Å². The Morgan fingerprint density at radius 3 is 2.47 bits per heavy atom. The third-order valence-electron chi connectivity index (χ3n) is 3.14. The smallest absolute Gasteiger partial charge is 0.121 e. The Morgan fingerprint density at radius 2 is 2.00 bits per heavy atom. The summed E-state index contributed by atoms with van der Waals surface area (Å²) in [6.07, 6.45) is 4.60. The first-order valence-corrected chi connectivity index (χ1v) is 6.72. The highest BCUT2D eigenvalue weighted by molar-refractivity contribution is 5.10. The molecule has 0 spiro atoms. The summed E-state index contributed by atoms with van der Waals surface area (Å²) in [5.41, 5.74) is 0.427. The molecule has 0 aliphatic heterocycles. The van der Waals surface area contributed by atoms with Crippen molar-refractivity contribution in [2.45, 2.75) is 59.4 Å².